The minimum atomic E-state index is -0.222. The highest BCUT2D eigenvalue weighted by Crippen LogP contribution is 2.28. The summed E-state index contributed by atoms with van der Waals surface area (Å²) in [6.45, 7) is 3.44. The lowest BCUT2D eigenvalue weighted by Crippen LogP contribution is -2.36. The number of hydrogen-bond acceptors (Lipinski definition) is 4. The fourth-order valence-corrected chi connectivity index (χ4v) is 2.93. The van der Waals surface area contributed by atoms with Gasteiger partial charge in [-0.2, -0.15) is 0 Å². The van der Waals surface area contributed by atoms with Gasteiger partial charge in [0.2, 0.25) is 0 Å². The second-order valence-electron chi connectivity index (χ2n) is 5.40. The zero-order valence-electron chi connectivity index (χ0n) is 11.5. The number of piperidine rings is 1. The predicted molar refractivity (Wildman–Crippen MR) is 77.8 cm³/mol. The van der Waals surface area contributed by atoms with E-state index in [2.05, 4.69) is 15.2 Å². The van der Waals surface area contributed by atoms with Crippen LogP contribution in [0.2, 0.25) is 0 Å². The van der Waals surface area contributed by atoms with E-state index in [4.69, 9.17) is 0 Å². The lowest BCUT2D eigenvalue weighted by Gasteiger charge is -2.34. The van der Waals surface area contributed by atoms with Crippen LogP contribution in [-0.2, 0) is 0 Å². The molecule has 0 saturated carbocycles. The summed E-state index contributed by atoms with van der Waals surface area (Å²) in [6.07, 6.45) is 1.90. The first-order chi connectivity index (χ1) is 9.79. The minimum absolute atomic E-state index is 0.222. The number of rotatable bonds is 3. The average Bonchev–Trinajstić information content (AvgIpc) is 3.01. The van der Waals surface area contributed by atoms with E-state index in [1.165, 1.54) is 6.07 Å². The van der Waals surface area contributed by atoms with Crippen LogP contribution in [0.25, 0.3) is 0 Å². The molecular weight excluding hydrogens is 257 g/mol. The lowest BCUT2D eigenvalue weighted by atomic mass is 9.96. The molecule has 0 amide bonds. The van der Waals surface area contributed by atoms with Crippen molar-refractivity contribution in [2.75, 3.05) is 37.7 Å². The van der Waals surface area contributed by atoms with E-state index < -0.39 is 0 Å². The molecule has 1 aromatic carbocycles. The molecule has 1 saturated heterocycles. The molecule has 0 radical (unpaired) electrons. The molecule has 0 spiro atoms. The molecule has 0 aliphatic carbocycles. The molecule has 2 aliphatic heterocycles. The third kappa shape index (κ3) is 2.50. The van der Waals surface area contributed by atoms with Crippen LogP contribution in [-0.4, -0.2) is 43.7 Å². The van der Waals surface area contributed by atoms with E-state index in [0.29, 0.717) is 23.9 Å². The van der Waals surface area contributed by atoms with E-state index in [1.807, 2.05) is 6.07 Å². The van der Waals surface area contributed by atoms with Crippen LogP contribution < -0.4 is 10.2 Å². The van der Waals surface area contributed by atoms with Gasteiger partial charge in [0.1, 0.15) is 11.7 Å². The Bertz CT molecular complexity index is 510. The van der Waals surface area contributed by atoms with Crippen LogP contribution in [0.1, 0.15) is 18.4 Å². The van der Waals surface area contributed by atoms with Crippen LogP contribution in [0.5, 0.6) is 0 Å². The molecule has 5 heteroatoms. The molecule has 2 heterocycles. The molecule has 20 heavy (non-hydrogen) atoms. The summed E-state index contributed by atoms with van der Waals surface area (Å²) < 4.78 is 14.2. The molecule has 0 unspecified atom stereocenters. The fourth-order valence-electron chi connectivity index (χ4n) is 2.93. The first-order valence-corrected chi connectivity index (χ1v) is 7.22. The molecule has 1 aromatic rings. The van der Waals surface area contributed by atoms with Gasteiger partial charge in [0.25, 0.3) is 0 Å². The van der Waals surface area contributed by atoms with E-state index in [1.54, 1.807) is 6.07 Å². The maximum absolute atomic E-state index is 14.2. The van der Waals surface area contributed by atoms with Gasteiger partial charge in [-0.15, -0.1) is 0 Å². The Hall–Kier alpha value is -1.62. The molecule has 2 aliphatic rings. The molecule has 0 bridgehead atoms. The van der Waals surface area contributed by atoms with Crippen molar-refractivity contribution >= 4 is 11.5 Å². The minimum Gasteiger partial charge on any atom is -0.396 e. The summed E-state index contributed by atoms with van der Waals surface area (Å²) in [5.41, 5.74) is 1.50. The quantitative estimate of drug-likeness (QED) is 0.877. The lowest BCUT2D eigenvalue weighted by molar-refractivity contribution is 0.203. The third-order valence-corrected chi connectivity index (χ3v) is 4.12. The van der Waals surface area contributed by atoms with Crippen molar-refractivity contribution < 1.29 is 9.50 Å². The molecule has 4 nitrogen and oxygen atoms in total. The summed E-state index contributed by atoms with van der Waals surface area (Å²) >= 11 is 0. The summed E-state index contributed by atoms with van der Waals surface area (Å²) in [6, 6.07) is 5.20. The molecule has 1 fully saturated rings. The molecule has 0 atom stereocenters. The Morgan fingerprint density at radius 3 is 2.80 bits per heavy atom. The smallest absolute Gasteiger partial charge is 0.136 e. The second kappa shape index (κ2) is 5.79. The van der Waals surface area contributed by atoms with Crippen LogP contribution in [0.4, 0.5) is 10.1 Å². The zero-order valence-corrected chi connectivity index (χ0v) is 11.5. The van der Waals surface area contributed by atoms with Gasteiger partial charge < -0.3 is 15.3 Å². The Labute approximate surface area is 118 Å². The standard InChI is InChI=1S/C15H20FN3O/c16-12-2-1-3-13(14(12)15-17-6-7-18-15)19-8-4-11(10-20)5-9-19/h1-3,11,20H,4-10H2,(H,17,18). The van der Waals surface area contributed by atoms with Crippen molar-refractivity contribution in [1.82, 2.24) is 5.32 Å². The van der Waals surface area contributed by atoms with Crippen LogP contribution in [0.3, 0.4) is 0 Å². The number of hydrogen-bond donors (Lipinski definition) is 2. The number of nitrogens with zero attached hydrogens (tertiary/aromatic N) is 2. The number of halogens is 1. The van der Waals surface area contributed by atoms with E-state index >= 15 is 0 Å². The molecule has 2 N–H and O–H groups in total. The number of benzene rings is 1. The number of aliphatic hydroxyl groups is 1. The highest BCUT2D eigenvalue weighted by atomic mass is 19.1. The fraction of sp³-hybridized carbons (Fsp3) is 0.533. The maximum Gasteiger partial charge on any atom is 0.136 e. The topological polar surface area (TPSA) is 47.9 Å². The predicted octanol–water partition coefficient (Wildman–Crippen LogP) is 1.38. The normalized spacial score (nSPS) is 19.9. The van der Waals surface area contributed by atoms with Gasteiger partial charge in [0.05, 0.1) is 17.8 Å². The summed E-state index contributed by atoms with van der Waals surface area (Å²) in [7, 11) is 0. The highest BCUT2D eigenvalue weighted by Gasteiger charge is 2.24. The van der Waals surface area contributed by atoms with Crippen molar-refractivity contribution in [3.63, 3.8) is 0 Å². The number of amidine groups is 1. The highest BCUT2D eigenvalue weighted by molar-refractivity contribution is 6.04. The second-order valence-corrected chi connectivity index (χ2v) is 5.40. The van der Waals surface area contributed by atoms with E-state index in [9.17, 15) is 9.50 Å². The number of aliphatic hydroxyl groups excluding tert-OH is 1. The van der Waals surface area contributed by atoms with Crippen molar-refractivity contribution in [3.05, 3.63) is 29.6 Å². The van der Waals surface area contributed by atoms with Crippen LogP contribution >= 0.6 is 0 Å². The van der Waals surface area contributed by atoms with Crippen molar-refractivity contribution in [1.29, 1.82) is 0 Å². The van der Waals surface area contributed by atoms with Gasteiger partial charge in [0.15, 0.2) is 0 Å². The molecule has 108 valence electrons. The summed E-state index contributed by atoms with van der Waals surface area (Å²) in [5, 5.41) is 12.4. The van der Waals surface area contributed by atoms with E-state index in [0.717, 1.165) is 38.2 Å². The van der Waals surface area contributed by atoms with Gasteiger partial charge in [-0.05, 0) is 30.9 Å². The molecular formula is C15H20FN3O. The Kier molecular flexibility index (Phi) is 3.87. The van der Waals surface area contributed by atoms with Crippen LogP contribution in [0.15, 0.2) is 23.2 Å². The Balaban J connectivity index is 1.88. The van der Waals surface area contributed by atoms with E-state index in [-0.39, 0.29) is 12.4 Å². The number of aliphatic imine (C=N–C) groups is 1. The van der Waals surface area contributed by atoms with Gasteiger partial charge in [0, 0.05) is 26.2 Å². The average molecular weight is 277 g/mol. The van der Waals surface area contributed by atoms with Gasteiger partial charge >= 0.3 is 0 Å². The monoisotopic (exact) mass is 277 g/mol. The number of anilines is 1. The Morgan fingerprint density at radius 2 is 2.15 bits per heavy atom. The van der Waals surface area contributed by atoms with Gasteiger partial charge in [-0.3, -0.25) is 4.99 Å². The molecule has 3 rings (SSSR count). The largest absolute Gasteiger partial charge is 0.396 e. The molecule has 0 aromatic heterocycles. The van der Waals surface area contributed by atoms with Gasteiger partial charge in [-0.1, -0.05) is 6.07 Å². The van der Waals surface area contributed by atoms with Crippen molar-refractivity contribution in [2.45, 2.75) is 12.8 Å². The van der Waals surface area contributed by atoms with Crippen molar-refractivity contribution in [2.24, 2.45) is 10.9 Å². The summed E-state index contributed by atoms with van der Waals surface area (Å²) in [5.74, 6) is 0.826. The Morgan fingerprint density at radius 1 is 1.35 bits per heavy atom. The SMILES string of the molecule is OCC1CCN(c2cccc(F)c2C2=NCCN2)CC1. The van der Waals surface area contributed by atoms with Crippen molar-refractivity contribution in [3.8, 4) is 0 Å². The maximum atomic E-state index is 14.2. The first kappa shape index (κ1) is 13.4. The van der Waals surface area contributed by atoms with Gasteiger partial charge in [-0.25, -0.2) is 4.39 Å². The number of nitrogens with one attached hydrogen (secondary N) is 1. The zero-order chi connectivity index (χ0) is 13.9. The summed E-state index contributed by atoms with van der Waals surface area (Å²) in [4.78, 5) is 6.55. The first-order valence-electron chi connectivity index (χ1n) is 7.22. The third-order valence-electron chi connectivity index (χ3n) is 4.12. The van der Waals surface area contributed by atoms with Crippen LogP contribution in [0, 0.1) is 11.7 Å².